The van der Waals surface area contributed by atoms with E-state index in [-0.39, 0.29) is 5.25 Å². The Balaban J connectivity index is 1.95. The molecule has 0 unspecified atom stereocenters. The van der Waals surface area contributed by atoms with Crippen molar-refractivity contribution in [1.29, 1.82) is 0 Å². The first-order chi connectivity index (χ1) is 7.69. The lowest BCUT2D eigenvalue weighted by Gasteiger charge is -2.48. The second-order valence-electron chi connectivity index (χ2n) is 5.01. The number of hydrogen-bond donors (Lipinski definition) is 0. The SMILES string of the molecule is O=S(=O)(c1ccccc1)C1[C@H]2CCC[C@H]1C2. The van der Waals surface area contributed by atoms with Gasteiger partial charge in [0.05, 0.1) is 10.1 Å². The van der Waals surface area contributed by atoms with E-state index in [0.717, 1.165) is 19.3 Å². The van der Waals surface area contributed by atoms with E-state index in [1.807, 2.05) is 6.07 Å². The quantitative estimate of drug-likeness (QED) is 0.791. The Morgan fingerprint density at radius 2 is 1.62 bits per heavy atom. The molecule has 0 amide bonds. The number of rotatable bonds is 2. The maximum atomic E-state index is 12.4. The molecule has 0 aliphatic heterocycles. The van der Waals surface area contributed by atoms with Gasteiger partial charge in [0.15, 0.2) is 9.84 Å². The summed E-state index contributed by atoms with van der Waals surface area (Å²) in [5, 5.41) is -0.0800. The first-order valence-electron chi connectivity index (χ1n) is 5.98. The van der Waals surface area contributed by atoms with Crippen molar-refractivity contribution in [3.8, 4) is 0 Å². The van der Waals surface area contributed by atoms with Crippen LogP contribution in [0.5, 0.6) is 0 Å². The summed E-state index contributed by atoms with van der Waals surface area (Å²) in [5.41, 5.74) is 0. The van der Waals surface area contributed by atoms with Gasteiger partial charge >= 0.3 is 0 Å². The van der Waals surface area contributed by atoms with Crippen molar-refractivity contribution < 1.29 is 8.42 Å². The lowest BCUT2D eigenvalue weighted by atomic mass is 9.65. The summed E-state index contributed by atoms with van der Waals surface area (Å²) in [4.78, 5) is 0.511. The Morgan fingerprint density at radius 1 is 1.00 bits per heavy atom. The van der Waals surface area contributed by atoms with E-state index in [1.165, 1.54) is 6.42 Å². The van der Waals surface area contributed by atoms with Crippen LogP contribution in [0.3, 0.4) is 0 Å². The standard InChI is InChI=1S/C13H16O2S/c14-16(15,12-7-2-1-3-8-12)13-10-5-4-6-11(13)9-10/h1-3,7-8,10-11,13H,4-6,9H2/t10-,11-/m0/s1. The monoisotopic (exact) mass is 236 g/mol. The van der Waals surface area contributed by atoms with E-state index in [9.17, 15) is 8.42 Å². The van der Waals surface area contributed by atoms with Crippen LogP contribution in [-0.4, -0.2) is 13.7 Å². The molecule has 1 aromatic carbocycles. The summed E-state index contributed by atoms with van der Waals surface area (Å²) >= 11 is 0. The number of hydrogen-bond acceptors (Lipinski definition) is 2. The Hall–Kier alpha value is -0.830. The normalized spacial score (nSPS) is 33.1. The van der Waals surface area contributed by atoms with Crippen molar-refractivity contribution in [1.82, 2.24) is 0 Å². The van der Waals surface area contributed by atoms with Crippen LogP contribution in [0, 0.1) is 11.8 Å². The Bertz CT molecular complexity index is 464. The second-order valence-corrected chi connectivity index (χ2v) is 7.12. The highest BCUT2D eigenvalue weighted by atomic mass is 32.2. The second kappa shape index (κ2) is 3.59. The van der Waals surface area contributed by atoms with E-state index in [4.69, 9.17) is 0 Å². The van der Waals surface area contributed by atoms with Gasteiger partial charge in [-0.1, -0.05) is 24.6 Å². The molecule has 0 heterocycles. The van der Waals surface area contributed by atoms with Gasteiger partial charge in [0, 0.05) is 0 Å². The molecular weight excluding hydrogens is 220 g/mol. The van der Waals surface area contributed by atoms with Gasteiger partial charge in [0.1, 0.15) is 0 Å². The zero-order valence-corrected chi connectivity index (χ0v) is 9.99. The molecular formula is C13H16O2S. The van der Waals surface area contributed by atoms with Crippen LogP contribution in [0.2, 0.25) is 0 Å². The van der Waals surface area contributed by atoms with E-state index in [1.54, 1.807) is 24.3 Å². The fourth-order valence-electron chi connectivity index (χ4n) is 3.33. The van der Waals surface area contributed by atoms with Crippen LogP contribution in [0.25, 0.3) is 0 Å². The molecule has 3 rings (SSSR count). The van der Waals surface area contributed by atoms with Gasteiger partial charge < -0.3 is 0 Å². The molecule has 2 nitrogen and oxygen atoms in total. The highest BCUT2D eigenvalue weighted by Crippen LogP contribution is 2.50. The maximum absolute atomic E-state index is 12.4. The molecule has 0 aromatic heterocycles. The van der Waals surface area contributed by atoms with Crippen molar-refractivity contribution in [2.75, 3.05) is 0 Å². The number of benzene rings is 1. The molecule has 0 radical (unpaired) electrons. The van der Waals surface area contributed by atoms with Crippen LogP contribution < -0.4 is 0 Å². The molecule has 86 valence electrons. The van der Waals surface area contributed by atoms with Gasteiger partial charge in [-0.25, -0.2) is 8.42 Å². The highest BCUT2D eigenvalue weighted by molar-refractivity contribution is 7.92. The summed E-state index contributed by atoms with van der Waals surface area (Å²) in [6, 6.07) is 8.93. The van der Waals surface area contributed by atoms with Gasteiger partial charge in [-0.05, 0) is 43.2 Å². The van der Waals surface area contributed by atoms with E-state index >= 15 is 0 Å². The summed E-state index contributed by atoms with van der Waals surface area (Å²) in [6.45, 7) is 0. The van der Waals surface area contributed by atoms with Crippen molar-refractivity contribution in [2.24, 2.45) is 11.8 Å². The van der Waals surface area contributed by atoms with Crippen LogP contribution >= 0.6 is 0 Å². The summed E-state index contributed by atoms with van der Waals surface area (Å²) in [6.07, 6.45) is 4.56. The average molecular weight is 236 g/mol. The lowest BCUT2D eigenvalue weighted by Crippen LogP contribution is -2.50. The van der Waals surface area contributed by atoms with Crippen molar-refractivity contribution in [3.63, 3.8) is 0 Å². The van der Waals surface area contributed by atoms with E-state index in [0.29, 0.717) is 16.7 Å². The Labute approximate surface area is 96.6 Å². The van der Waals surface area contributed by atoms with Gasteiger partial charge in [0.25, 0.3) is 0 Å². The molecule has 0 saturated heterocycles. The van der Waals surface area contributed by atoms with Crippen LogP contribution in [-0.2, 0) is 9.84 Å². The van der Waals surface area contributed by atoms with E-state index < -0.39 is 9.84 Å². The minimum absolute atomic E-state index is 0.0800. The zero-order valence-electron chi connectivity index (χ0n) is 9.17. The molecule has 2 saturated carbocycles. The van der Waals surface area contributed by atoms with Gasteiger partial charge in [-0.3, -0.25) is 0 Å². The molecule has 2 aliphatic carbocycles. The van der Waals surface area contributed by atoms with Crippen molar-refractivity contribution in [2.45, 2.75) is 35.8 Å². The summed E-state index contributed by atoms with van der Waals surface area (Å²) in [7, 11) is -3.06. The van der Waals surface area contributed by atoms with Crippen molar-refractivity contribution in [3.05, 3.63) is 30.3 Å². The molecule has 2 aliphatic rings. The minimum Gasteiger partial charge on any atom is -0.223 e. The molecule has 16 heavy (non-hydrogen) atoms. The number of fused-ring (bicyclic) bond motifs is 2. The molecule has 0 N–H and O–H groups in total. The Kier molecular flexibility index (Phi) is 2.32. The zero-order chi connectivity index (χ0) is 11.2. The number of sulfone groups is 1. The minimum atomic E-state index is -3.06. The van der Waals surface area contributed by atoms with Gasteiger partial charge in [0.2, 0.25) is 0 Å². The molecule has 1 aromatic rings. The predicted octanol–water partition coefficient (Wildman–Crippen LogP) is 2.65. The first-order valence-corrected chi connectivity index (χ1v) is 7.53. The van der Waals surface area contributed by atoms with E-state index in [2.05, 4.69) is 0 Å². The Morgan fingerprint density at radius 3 is 2.19 bits per heavy atom. The maximum Gasteiger partial charge on any atom is 0.181 e. The third-order valence-corrected chi connectivity index (χ3v) is 6.53. The first kappa shape index (κ1) is 10.3. The third-order valence-electron chi connectivity index (χ3n) is 4.11. The van der Waals surface area contributed by atoms with Gasteiger partial charge in [-0.2, -0.15) is 0 Å². The predicted molar refractivity (Wildman–Crippen MR) is 62.9 cm³/mol. The average Bonchev–Trinajstić information content (AvgIpc) is 2.30. The van der Waals surface area contributed by atoms with Crippen LogP contribution in [0.15, 0.2) is 35.2 Å². The third kappa shape index (κ3) is 1.41. The molecule has 2 fully saturated rings. The molecule has 0 spiro atoms. The largest absolute Gasteiger partial charge is 0.223 e. The fraction of sp³-hybridized carbons (Fsp3) is 0.538. The van der Waals surface area contributed by atoms with Crippen LogP contribution in [0.4, 0.5) is 0 Å². The summed E-state index contributed by atoms with van der Waals surface area (Å²) < 4.78 is 24.9. The van der Waals surface area contributed by atoms with Crippen molar-refractivity contribution >= 4 is 9.84 Å². The van der Waals surface area contributed by atoms with Crippen LogP contribution in [0.1, 0.15) is 25.7 Å². The molecule has 3 heteroatoms. The smallest absolute Gasteiger partial charge is 0.181 e. The lowest BCUT2D eigenvalue weighted by molar-refractivity contribution is 0.121. The fourth-order valence-corrected chi connectivity index (χ4v) is 5.69. The van der Waals surface area contributed by atoms with Gasteiger partial charge in [-0.15, -0.1) is 0 Å². The molecule has 2 atom stereocenters. The molecule has 2 bridgehead atoms. The highest BCUT2D eigenvalue weighted by Gasteiger charge is 2.50. The topological polar surface area (TPSA) is 34.1 Å². The summed E-state index contributed by atoms with van der Waals surface area (Å²) in [5.74, 6) is 0.868.